The van der Waals surface area contributed by atoms with Crippen LogP contribution in [0.4, 0.5) is 0 Å². The average Bonchev–Trinajstić information content (AvgIpc) is 2.22. The minimum atomic E-state index is 1.06. The zero-order valence-electron chi connectivity index (χ0n) is 9.38. The van der Waals surface area contributed by atoms with Crippen molar-refractivity contribution in [3.63, 3.8) is 0 Å². The van der Waals surface area contributed by atoms with Gasteiger partial charge in [0.2, 0.25) is 0 Å². The Morgan fingerprint density at radius 1 is 0.500 bits per heavy atom. The molecule has 0 fully saturated rings. The van der Waals surface area contributed by atoms with Gasteiger partial charge in [0.25, 0.3) is 0 Å². The quantitative estimate of drug-likeness (QED) is 0.372. The summed E-state index contributed by atoms with van der Waals surface area (Å²) in [6, 6.07) is 0. The molecule has 0 atom stereocenters. The van der Waals surface area contributed by atoms with Crippen LogP contribution in [0, 0.1) is 0 Å². The van der Waals surface area contributed by atoms with Gasteiger partial charge in [-0.2, -0.15) is 0 Å². The van der Waals surface area contributed by atoms with Crippen molar-refractivity contribution in [3.05, 3.63) is 50.6 Å². The van der Waals surface area contributed by atoms with Gasteiger partial charge in [-0.15, -0.1) is 26.3 Å². The zero-order chi connectivity index (χ0) is 11.1. The van der Waals surface area contributed by atoms with Gasteiger partial charge < -0.3 is 0 Å². The van der Waals surface area contributed by atoms with Gasteiger partial charge in [-0.05, 0) is 38.5 Å². The van der Waals surface area contributed by atoms with Crippen LogP contribution >= 0.6 is 0 Å². The molecule has 0 bridgehead atoms. The molecule has 0 radical (unpaired) electrons. The van der Waals surface area contributed by atoms with E-state index in [2.05, 4.69) is 26.3 Å². The standard InChI is InChI=1S/C8H14.C6H10/c1-3-5-7-8-6-4-2;1-3-5-6-4-2/h3-4H,1-2,5-8H2;3-4H,1-2,5-6H2. The molecule has 0 amide bonds. The lowest BCUT2D eigenvalue weighted by Crippen LogP contribution is -1.69. The first kappa shape index (κ1) is 15.4. The lowest BCUT2D eigenvalue weighted by atomic mass is 10.2. The molecule has 0 N–H and O–H groups in total. The molecule has 0 aliphatic rings. The molecule has 0 aromatic carbocycles. The van der Waals surface area contributed by atoms with Crippen molar-refractivity contribution in [2.75, 3.05) is 0 Å². The third-order valence-electron chi connectivity index (χ3n) is 1.64. The van der Waals surface area contributed by atoms with E-state index < -0.39 is 0 Å². The molecule has 0 unspecified atom stereocenters. The molecule has 0 aromatic rings. The van der Waals surface area contributed by atoms with Gasteiger partial charge in [0.1, 0.15) is 0 Å². The van der Waals surface area contributed by atoms with Gasteiger partial charge in [-0.3, -0.25) is 0 Å². The molecule has 0 nitrogen and oxygen atoms in total. The van der Waals surface area contributed by atoms with Crippen molar-refractivity contribution in [1.29, 1.82) is 0 Å². The fourth-order valence-electron chi connectivity index (χ4n) is 0.813. The summed E-state index contributed by atoms with van der Waals surface area (Å²) in [6.45, 7) is 14.4. The Labute approximate surface area is 89.7 Å². The van der Waals surface area contributed by atoms with Gasteiger partial charge in [-0.1, -0.05) is 24.3 Å². The summed E-state index contributed by atoms with van der Waals surface area (Å²) >= 11 is 0. The third kappa shape index (κ3) is 22.4. The molecule has 0 aliphatic carbocycles. The fourth-order valence-corrected chi connectivity index (χ4v) is 0.813. The van der Waals surface area contributed by atoms with E-state index in [1.54, 1.807) is 0 Å². The molecule has 0 saturated carbocycles. The molecule has 0 heterocycles. The summed E-state index contributed by atoms with van der Waals surface area (Å²) in [5.74, 6) is 0. The summed E-state index contributed by atoms with van der Waals surface area (Å²) in [5.41, 5.74) is 0. The lowest BCUT2D eigenvalue weighted by Gasteiger charge is -1.89. The number of unbranched alkanes of at least 4 members (excludes halogenated alkanes) is 4. The van der Waals surface area contributed by atoms with Crippen LogP contribution in [0.25, 0.3) is 0 Å². The zero-order valence-corrected chi connectivity index (χ0v) is 9.38. The predicted molar refractivity (Wildman–Crippen MR) is 68.5 cm³/mol. The third-order valence-corrected chi connectivity index (χ3v) is 1.64. The van der Waals surface area contributed by atoms with E-state index in [1.807, 2.05) is 24.3 Å². The fraction of sp³-hybridized carbons (Fsp3) is 0.429. The maximum absolute atomic E-state index is 3.63. The molecule has 0 saturated heterocycles. The highest BCUT2D eigenvalue weighted by Crippen LogP contribution is 1.99. The summed E-state index contributed by atoms with van der Waals surface area (Å²) in [4.78, 5) is 0. The summed E-state index contributed by atoms with van der Waals surface area (Å²) in [6.07, 6.45) is 14.6. The summed E-state index contributed by atoms with van der Waals surface area (Å²) in [7, 11) is 0. The molecule has 0 heteroatoms. The van der Waals surface area contributed by atoms with Crippen molar-refractivity contribution < 1.29 is 0 Å². The Kier molecular flexibility index (Phi) is 19.7. The van der Waals surface area contributed by atoms with Crippen LogP contribution in [0.15, 0.2) is 50.6 Å². The highest BCUT2D eigenvalue weighted by Gasteiger charge is 1.79. The van der Waals surface area contributed by atoms with Crippen molar-refractivity contribution in [2.45, 2.75) is 38.5 Å². The molecule has 14 heavy (non-hydrogen) atoms. The second kappa shape index (κ2) is 17.9. The molecule has 0 aliphatic heterocycles. The summed E-state index contributed by atoms with van der Waals surface area (Å²) in [5, 5.41) is 0. The van der Waals surface area contributed by atoms with Gasteiger partial charge in [0.15, 0.2) is 0 Å². The first-order valence-corrected chi connectivity index (χ1v) is 5.27. The Hall–Kier alpha value is -1.04. The van der Waals surface area contributed by atoms with Crippen molar-refractivity contribution in [1.82, 2.24) is 0 Å². The van der Waals surface area contributed by atoms with Gasteiger partial charge in [0.05, 0.1) is 0 Å². The van der Waals surface area contributed by atoms with Crippen molar-refractivity contribution in [3.8, 4) is 0 Å². The largest absolute Gasteiger partial charge is 0.103 e. The second-order valence-electron chi connectivity index (χ2n) is 3.02. The van der Waals surface area contributed by atoms with Crippen molar-refractivity contribution >= 4 is 0 Å². The number of hydrogen-bond acceptors (Lipinski definition) is 0. The monoisotopic (exact) mass is 192 g/mol. The second-order valence-corrected chi connectivity index (χ2v) is 3.02. The SMILES string of the molecule is C=CCCC=C.C=CCCCCC=C. The van der Waals surface area contributed by atoms with Crippen LogP contribution < -0.4 is 0 Å². The van der Waals surface area contributed by atoms with Gasteiger partial charge in [0, 0.05) is 0 Å². The Bertz CT molecular complexity index is 124. The molecule has 0 spiro atoms. The topological polar surface area (TPSA) is 0 Å². The van der Waals surface area contributed by atoms with Crippen molar-refractivity contribution in [2.24, 2.45) is 0 Å². The number of rotatable bonds is 8. The molecule has 0 rings (SSSR count). The molecule has 80 valence electrons. The van der Waals surface area contributed by atoms with E-state index >= 15 is 0 Å². The molecular weight excluding hydrogens is 168 g/mol. The maximum atomic E-state index is 3.63. The normalized spacial score (nSPS) is 8.00. The maximum Gasteiger partial charge on any atom is -0.0319 e. The van der Waals surface area contributed by atoms with Gasteiger partial charge >= 0.3 is 0 Å². The van der Waals surface area contributed by atoms with E-state index in [-0.39, 0.29) is 0 Å². The highest BCUT2D eigenvalue weighted by molar-refractivity contribution is 4.74. The van der Waals surface area contributed by atoms with E-state index in [0.29, 0.717) is 0 Å². The molecular formula is C14H24. The molecule has 0 aromatic heterocycles. The van der Waals surface area contributed by atoms with E-state index in [1.165, 1.54) is 12.8 Å². The van der Waals surface area contributed by atoms with Crippen LogP contribution in [0.1, 0.15) is 38.5 Å². The van der Waals surface area contributed by atoms with Crippen LogP contribution in [0.2, 0.25) is 0 Å². The predicted octanol–water partition coefficient (Wildman–Crippen LogP) is 5.06. The van der Waals surface area contributed by atoms with Crippen LogP contribution in [-0.2, 0) is 0 Å². The van der Waals surface area contributed by atoms with Crippen LogP contribution in [-0.4, -0.2) is 0 Å². The van der Waals surface area contributed by atoms with E-state index in [4.69, 9.17) is 0 Å². The van der Waals surface area contributed by atoms with E-state index in [0.717, 1.165) is 25.7 Å². The smallest absolute Gasteiger partial charge is 0.0319 e. The minimum Gasteiger partial charge on any atom is -0.103 e. The minimum absolute atomic E-state index is 1.06. The van der Waals surface area contributed by atoms with Gasteiger partial charge in [-0.25, -0.2) is 0 Å². The summed E-state index contributed by atoms with van der Waals surface area (Å²) < 4.78 is 0. The van der Waals surface area contributed by atoms with E-state index in [9.17, 15) is 0 Å². The number of hydrogen-bond donors (Lipinski definition) is 0. The first-order valence-electron chi connectivity index (χ1n) is 5.27. The Morgan fingerprint density at radius 3 is 1.00 bits per heavy atom. The number of allylic oxidation sites excluding steroid dienone is 4. The first-order chi connectivity index (χ1) is 6.83. The Balaban J connectivity index is 0. The Morgan fingerprint density at radius 2 is 0.786 bits per heavy atom. The highest BCUT2D eigenvalue weighted by atomic mass is 13.9. The van der Waals surface area contributed by atoms with Crippen LogP contribution in [0.5, 0.6) is 0 Å². The average molecular weight is 192 g/mol. The lowest BCUT2D eigenvalue weighted by molar-refractivity contribution is 0.764. The van der Waals surface area contributed by atoms with Crippen LogP contribution in [0.3, 0.4) is 0 Å².